The number of pyridine rings is 2. The summed E-state index contributed by atoms with van der Waals surface area (Å²) in [6, 6.07) is 11.4. The van der Waals surface area contributed by atoms with Crippen LogP contribution in [0.2, 0.25) is 5.02 Å². The number of nitrogens with zero attached hydrogens (tertiary/aromatic N) is 4. The molecule has 7 nitrogen and oxygen atoms in total. The van der Waals surface area contributed by atoms with E-state index in [1.807, 2.05) is 35.4 Å². The maximum Gasteiger partial charge on any atom is 0.237 e. The number of carbonyl (C=O) groups excluding carboxylic acids is 1. The minimum atomic E-state index is -0.897. The summed E-state index contributed by atoms with van der Waals surface area (Å²) in [6.07, 6.45) is 9.17. The van der Waals surface area contributed by atoms with Gasteiger partial charge >= 0.3 is 0 Å². The first-order chi connectivity index (χ1) is 18.9. The average Bonchev–Trinajstić information content (AvgIpc) is 3.09. The fourth-order valence-corrected chi connectivity index (χ4v) is 6.36. The van der Waals surface area contributed by atoms with Crippen molar-refractivity contribution < 1.29 is 9.90 Å². The maximum absolute atomic E-state index is 13.7. The minimum absolute atomic E-state index is 0.0306. The number of fused-ring (bicyclic) bond motifs is 2. The van der Waals surface area contributed by atoms with Crippen molar-refractivity contribution in [2.45, 2.75) is 63.9 Å². The van der Waals surface area contributed by atoms with Gasteiger partial charge in [-0.15, -0.1) is 0 Å². The number of nitrogens with one attached hydrogen (secondary N) is 1. The Hall–Kier alpha value is -2.36. The Balaban J connectivity index is 1.48. The standard InChI is InChI=1S/C30H35BrClN5O2/c1-2-3-4-12-37-26(30(39)35-16-20-6-5-11-33-15-20)18-36(19-27(37)38)29-25-10-9-24(32)14-21(25)7-8-22-13-23(31)17-34-28(22)29/h5-6,9-11,13-15,17,26,29-30,35,39H,2-4,7-8,12,16,18-19H2,1H3/t26-,29?,30?/m1/s1. The van der Waals surface area contributed by atoms with Crippen LogP contribution >= 0.6 is 27.5 Å². The molecule has 1 aromatic carbocycles. The molecular weight excluding hydrogens is 578 g/mol. The third kappa shape index (κ3) is 6.52. The molecule has 1 aliphatic carbocycles. The van der Waals surface area contributed by atoms with Gasteiger partial charge in [0.2, 0.25) is 5.91 Å². The summed E-state index contributed by atoms with van der Waals surface area (Å²) in [5.41, 5.74) is 5.39. The van der Waals surface area contributed by atoms with E-state index in [-0.39, 0.29) is 18.5 Å². The van der Waals surface area contributed by atoms with Gasteiger partial charge in [0.1, 0.15) is 6.23 Å². The molecule has 1 amide bonds. The molecule has 3 atom stereocenters. The second kappa shape index (κ2) is 12.9. The van der Waals surface area contributed by atoms with E-state index in [1.54, 1.807) is 12.4 Å². The van der Waals surface area contributed by atoms with Crippen LogP contribution in [0.1, 0.15) is 60.2 Å². The molecule has 1 aliphatic heterocycles. The zero-order valence-electron chi connectivity index (χ0n) is 22.2. The van der Waals surface area contributed by atoms with Gasteiger partial charge in [0.25, 0.3) is 0 Å². The molecule has 2 unspecified atom stereocenters. The van der Waals surface area contributed by atoms with Crippen LogP contribution in [0.25, 0.3) is 0 Å². The van der Waals surface area contributed by atoms with Crippen molar-refractivity contribution in [2.75, 3.05) is 19.6 Å². The van der Waals surface area contributed by atoms with Crippen LogP contribution in [0.3, 0.4) is 0 Å². The van der Waals surface area contributed by atoms with Crippen LogP contribution in [0.5, 0.6) is 0 Å². The number of aromatic nitrogens is 2. The van der Waals surface area contributed by atoms with Crippen molar-refractivity contribution in [3.63, 3.8) is 0 Å². The zero-order chi connectivity index (χ0) is 27.4. The van der Waals surface area contributed by atoms with Gasteiger partial charge in [-0.25, -0.2) is 0 Å². The highest BCUT2D eigenvalue weighted by molar-refractivity contribution is 9.10. The SMILES string of the molecule is CCCCCN1C(=O)CN(C2c3ccc(Cl)cc3CCc3cc(Br)cnc32)C[C@@H]1C(O)NCc1cccnc1. The molecule has 3 heterocycles. The van der Waals surface area contributed by atoms with E-state index < -0.39 is 12.3 Å². The van der Waals surface area contributed by atoms with Gasteiger partial charge in [-0.3, -0.25) is 25.0 Å². The van der Waals surface area contributed by atoms with Crippen LogP contribution in [0.4, 0.5) is 0 Å². The first-order valence-corrected chi connectivity index (χ1v) is 14.9. The van der Waals surface area contributed by atoms with Gasteiger partial charge in [-0.2, -0.15) is 0 Å². The van der Waals surface area contributed by atoms with Crippen molar-refractivity contribution in [1.29, 1.82) is 0 Å². The molecule has 9 heteroatoms. The number of carbonyl (C=O) groups is 1. The lowest BCUT2D eigenvalue weighted by Crippen LogP contribution is -2.63. The average molecular weight is 613 g/mol. The largest absolute Gasteiger partial charge is 0.376 e. The second-order valence-corrected chi connectivity index (χ2v) is 11.8. The molecule has 39 heavy (non-hydrogen) atoms. The zero-order valence-corrected chi connectivity index (χ0v) is 24.5. The molecule has 2 aliphatic rings. The summed E-state index contributed by atoms with van der Waals surface area (Å²) in [5, 5.41) is 15.4. The molecule has 206 valence electrons. The van der Waals surface area contributed by atoms with E-state index in [9.17, 15) is 9.90 Å². The van der Waals surface area contributed by atoms with Crippen LogP contribution < -0.4 is 5.32 Å². The molecule has 1 saturated heterocycles. The molecule has 0 bridgehead atoms. The summed E-state index contributed by atoms with van der Waals surface area (Å²) >= 11 is 10.00. The van der Waals surface area contributed by atoms with Crippen LogP contribution in [-0.4, -0.2) is 62.7 Å². The topological polar surface area (TPSA) is 81.6 Å². The number of benzene rings is 1. The minimum Gasteiger partial charge on any atom is -0.376 e. The molecule has 0 spiro atoms. The Labute approximate surface area is 243 Å². The number of hydrogen-bond donors (Lipinski definition) is 2. The van der Waals surface area contributed by atoms with Crippen molar-refractivity contribution in [3.05, 3.63) is 92.4 Å². The Morgan fingerprint density at radius 1 is 1.18 bits per heavy atom. The smallest absolute Gasteiger partial charge is 0.237 e. The summed E-state index contributed by atoms with van der Waals surface area (Å²) in [6.45, 7) is 4.03. The van der Waals surface area contributed by atoms with E-state index in [4.69, 9.17) is 16.6 Å². The fraction of sp³-hybridized carbons (Fsp3) is 0.433. The van der Waals surface area contributed by atoms with Crippen molar-refractivity contribution >= 4 is 33.4 Å². The van der Waals surface area contributed by atoms with Gasteiger partial charge in [0, 0.05) is 47.7 Å². The molecule has 2 aromatic heterocycles. The number of aliphatic hydroxyl groups excluding tert-OH is 1. The number of aryl methyl sites for hydroxylation is 2. The van der Waals surface area contributed by atoms with Crippen molar-refractivity contribution in [3.8, 4) is 0 Å². The van der Waals surface area contributed by atoms with E-state index in [1.165, 1.54) is 5.56 Å². The highest BCUT2D eigenvalue weighted by Crippen LogP contribution is 2.38. The fourth-order valence-electron chi connectivity index (χ4n) is 5.79. The van der Waals surface area contributed by atoms with Gasteiger partial charge < -0.3 is 10.0 Å². The first kappa shape index (κ1) is 28.2. The Kier molecular flexibility index (Phi) is 9.30. The lowest BCUT2D eigenvalue weighted by molar-refractivity contribution is -0.146. The monoisotopic (exact) mass is 611 g/mol. The highest BCUT2D eigenvalue weighted by Gasteiger charge is 2.41. The predicted molar refractivity (Wildman–Crippen MR) is 156 cm³/mol. The lowest BCUT2D eigenvalue weighted by atomic mass is 9.94. The summed E-state index contributed by atoms with van der Waals surface area (Å²) < 4.78 is 0.939. The van der Waals surface area contributed by atoms with E-state index in [2.05, 4.69) is 50.2 Å². The normalized spacial score (nSPS) is 20.3. The molecule has 0 saturated carbocycles. The summed E-state index contributed by atoms with van der Waals surface area (Å²) in [7, 11) is 0. The Morgan fingerprint density at radius 3 is 2.82 bits per heavy atom. The number of amides is 1. The number of halogens is 2. The van der Waals surface area contributed by atoms with E-state index in [0.29, 0.717) is 24.7 Å². The second-order valence-electron chi connectivity index (χ2n) is 10.4. The lowest BCUT2D eigenvalue weighted by Gasteiger charge is -2.46. The third-order valence-corrected chi connectivity index (χ3v) is 8.41. The number of hydrogen-bond acceptors (Lipinski definition) is 6. The molecular formula is C30H35BrClN5O2. The van der Waals surface area contributed by atoms with Crippen LogP contribution in [-0.2, 0) is 24.2 Å². The molecule has 3 aromatic rings. The molecule has 5 rings (SSSR count). The third-order valence-electron chi connectivity index (χ3n) is 7.74. The van der Waals surface area contributed by atoms with E-state index in [0.717, 1.165) is 59.0 Å². The van der Waals surface area contributed by atoms with Crippen LogP contribution in [0.15, 0.2) is 59.5 Å². The van der Waals surface area contributed by atoms with Gasteiger partial charge in [-0.1, -0.05) is 43.5 Å². The molecule has 1 fully saturated rings. The molecule has 0 radical (unpaired) electrons. The van der Waals surface area contributed by atoms with Gasteiger partial charge in [-0.05, 0) is 81.7 Å². The summed E-state index contributed by atoms with van der Waals surface area (Å²) in [4.78, 5) is 26.9. The number of unbranched alkanes of at least 4 members (excludes halogenated alkanes) is 2. The van der Waals surface area contributed by atoms with Gasteiger partial charge in [0.05, 0.1) is 24.3 Å². The van der Waals surface area contributed by atoms with Crippen LogP contribution in [0, 0.1) is 0 Å². The number of piperazine rings is 1. The maximum atomic E-state index is 13.7. The number of rotatable bonds is 9. The Morgan fingerprint density at radius 2 is 2.03 bits per heavy atom. The van der Waals surface area contributed by atoms with Crippen molar-refractivity contribution in [2.24, 2.45) is 0 Å². The quantitative estimate of drug-likeness (QED) is 0.265. The molecule has 2 N–H and O–H groups in total. The van der Waals surface area contributed by atoms with Gasteiger partial charge in [0.15, 0.2) is 0 Å². The Bertz CT molecular complexity index is 1240. The van der Waals surface area contributed by atoms with E-state index >= 15 is 0 Å². The number of aliphatic hydroxyl groups is 1. The predicted octanol–water partition coefficient (Wildman–Crippen LogP) is 4.89. The summed E-state index contributed by atoms with van der Waals surface area (Å²) in [5.74, 6) is 0.0306. The van der Waals surface area contributed by atoms with Crippen molar-refractivity contribution in [1.82, 2.24) is 25.1 Å². The first-order valence-electron chi connectivity index (χ1n) is 13.7. The highest BCUT2D eigenvalue weighted by atomic mass is 79.9.